The third-order valence-electron chi connectivity index (χ3n) is 3.63. The highest BCUT2D eigenvalue weighted by Crippen LogP contribution is 2.29. The summed E-state index contributed by atoms with van der Waals surface area (Å²) >= 11 is 0. The minimum Gasteiger partial charge on any atom is -0.406 e. The summed E-state index contributed by atoms with van der Waals surface area (Å²) < 4.78 is 9.70. The van der Waals surface area contributed by atoms with Crippen molar-refractivity contribution in [3.8, 4) is 0 Å². The molecule has 124 valence electrons. The number of esters is 1. The molecule has 5 atom stereocenters. The zero-order valence-corrected chi connectivity index (χ0v) is 12.6. The molecule has 7 heteroatoms. The molecule has 1 aliphatic heterocycles. The molecular weight excluding hydrogens is 280 g/mol. The number of ether oxygens (including phenoxy) is 2. The first-order chi connectivity index (χ1) is 9.81. The zero-order chi connectivity index (χ0) is 16.0. The third-order valence-corrected chi connectivity index (χ3v) is 3.63. The van der Waals surface area contributed by atoms with Gasteiger partial charge in [0.2, 0.25) is 0 Å². The Morgan fingerprint density at radius 1 is 1.14 bits per heavy atom. The lowest BCUT2D eigenvalue weighted by atomic mass is 9.98. The topological polar surface area (TPSA) is 116 Å². The van der Waals surface area contributed by atoms with Gasteiger partial charge in [0.25, 0.3) is 0 Å². The second-order valence-corrected chi connectivity index (χ2v) is 5.52. The van der Waals surface area contributed by atoms with Crippen LogP contribution in [0.4, 0.5) is 0 Å². The first-order valence-electron chi connectivity index (χ1n) is 7.48. The molecule has 0 aromatic carbocycles. The highest BCUT2D eigenvalue weighted by molar-refractivity contribution is 5.69. The van der Waals surface area contributed by atoms with Crippen molar-refractivity contribution in [2.24, 2.45) is 0 Å². The van der Waals surface area contributed by atoms with E-state index in [1.165, 1.54) is 6.92 Å². The zero-order valence-electron chi connectivity index (χ0n) is 12.6. The van der Waals surface area contributed by atoms with Gasteiger partial charge < -0.3 is 29.9 Å². The van der Waals surface area contributed by atoms with Crippen LogP contribution in [0.3, 0.4) is 0 Å². The summed E-state index contributed by atoms with van der Waals surface area (Å²) in [7, 11) is 0. The summed E-state index contributed by atoms with van der Waals surface area (Å²) in [5.74, 6) is -3.35. The Labute approximate surface area is 124 Å². The predicted octanol–water partition coefficient (Wildman–Crippen LogP) is 0.0376. The number of hydrogen-bond acceptors (Lipinski definition) is 7. The first-order valence-corrected chi connectivity index (χ1v) is 7.48. The average molecular weight is 306 g/mol. The van der Waals surface area contributed by atoms with Crippen LogP contribution in [0.5, 0.6) is 0 Å². The Balaban J connectivity index is 2.46. The van der Waals surface area contributed by atoms with Crippen LogP contribution in [0.2, 0.25) is 0 Å². The minimum atomic E-state index is -2.63. The maximum absolute atomic E-state index is 11.7. The van der Waals surface area contributed by atoms with Crippen molar-refractivity contribution < 1.29 is 34.7 Å². The highest BCUT2D eigenvalue weighted by atomic mass is 16.8. The molecule has 0 amide bonds. The first kappa shape index (κ1) is 18.3. The van der Waals surface area contributed by atoms with E-state index in [1.54, 1.807) is 0 Å². The Hall–Kier alpha value is -0.730. The molecule has 4 N–H and O–H groups in total. The van der Waals surface area contributed by atoms with Crippen LogP contribution < -0.4 is 0 Å². The number of hydrogen-bond donors (Lipinski definition) is 4. The molecule has 0 aromatic heterocycles. The summed E-state index contributed by atoms with van der Waals surface area (Å²) in [4.78, 5) is 11.7. The SMILES string of the molecule is CCCCCCCC(=O)OC1(O)O[C@@H](C)[C@H](O)[C@@H](O)[C@H]1O. The van der Waals surface area contributed by atoms with Crippen LogP contribution in [-0.4, -0.2) is 56.8 Å². The molecule has 0 bridgehead atoms. The van der Waals surface area contributed by atoms with Crippen molar-refractivity contribution in [1.82, 2.24) is 0 Å². The summed E-state index contributed by atoms with van der Waals surface area (Å²) in [5, 5.41) is 38.9. The molecule has 1 rings (SSSR count). The normalized spacial score (nSPS) is 36.5. The fraction of sp³-hybridized carbons (Fsp3) is 0.929. The maximum Gasteiger partial charge on any atom is 0.357 e. The van der Waals surface area contributed by atoms with E-state index in [1.807, 2.05) is 0 Å². The lowest BCUT2D eigenvalue weighted by Gasteiger charge is -2.43. The molecular formula is C14H26O7. The van der Waals surface area contributed by atoms with Gasteiger partial charge in [0, 0.05) is 6.42 Å². The van der Waals surface area contributed by atoms with Gasteiger partial charge in [-0.3, -0.25) is 4.79 Å². The molecule has 0 spiro atoms. The van der Waals surface area contributed by atoms with Gasteiger partial charge in [-0.05, 0) is 13.3 Å². The summed E-state index contributed by atoms with van der Waals surface area (Å²) in [6.45, 7) is 3.48. The van der Waals surface area contributed by atoms with E-state index in [2.05, 4.69) is 6.92 Å². The number of rotatable bonds is 7. The lowest BCUT2D eigenvalue weighted by molar-refractivity contribution is -0.430. The van der Waals surface area contributed by atoms with Gasteiger partial charge >= 0.3 is 11.9 Å². The van der Waals surface area contributed by atoms with E-state index in [0.29, 0.717) is 6.42 Å². The molecule has 21 heavy (non-hydrogen) atoms. The van der Waals surface area contributed by atoms with E-state index in [-0.39, 0.29) is 6.42 Å². The van der Waals surface area contributed by atoms with Crippen LogP contribution in [0.1, 0.15) is 52.4 Å². The molecule has 1 heterocycles. The van der Waals surface area contributed by atoms with Crippen molar-refractivity contribution in [2.75, 3.05) is 0 Å². The minimum absolute atomic E-state index is 0.0924. The van der Waals surface area contributed by atoms with Gasteiger partial charge in [-0.15, -0.1) is 0 Å². The quantitative estimate of drug-likeness (QED) is 0.298. The van der Waals surface area contributed by atoms with Gasteiger partial charge in [0.15, 0.2) is 6.10 Å². The second-order valence-electron chi connectivity index (χ2n) is 5.52. The van der Waals surface area contributed by atoms with E-state index in [9.17, 15) is 25.2 Å². The monoisotopic (exact) mass is 306 g/mol. The van der Waals surface area contributed by atoms with Crippen LogP contribution in [-0.2, 0) is 14.3 Å². The smallest absolute Gasteiger partial charge is 0.357 e. The molecule has 0 aromatic rings. The van der Waals surface area contributed by atoms with E-state index >= 15 is 0 Å². The molecule has 1 fully saturated rings. The van der Waals surface area contributed by atoms with Gasteiger partial charge in [-0.25, -0.2) is 0 Å². The van der Waals surface area contributed by atoms with Gasteiger partial charge in [0.1, 0.15) is 12.2 Å². The summed E-state index contributed by atoms with van der Waals surface area (Å²) in [6.07, 6.45) is -1.12. The van der Waals surface area contributed by atoms with E-state index in [0.717, 1.165) is 25.7 Å². The van der Waals surface area contributed by atoms with Crippen LogP contribution in [0.25, 0.3) is 0 Å². The van der Waals surface area contributed by atoms with Crippen molar-refractivity contribution in [1.29, 1.82) is 0 Å². The standard InChI is InChI=1S/C14H26O7/c1-3-4-5-6-7-8-10(15)21-14(19)13(18)12(17)11(16)9(2)20-14/h9,11-13,16-19H,3-8H2,1-2H3/t9-,11-,12+,13+,14?/m0/s1. The van der Waals surface area contributed by atoms with Crippen LogP contribution in [0.15, 0.2) is 0 Å². The molecule has 1 aliphatic rings. The molecule has 1 saturated heterocycles. The second kappa shape index (κ2) is 8.05. The highest BCUT2D eigenvalue weighted by Gasteiger charge is 2.54. The van der Waals surface area contributed by atoms with Crippen LogP contribution >= 0.6 is 0 Å². The number of aliphatic hydroxyl groups excluding tert-OH is 3. The number of carbonyl (C=O) groups excluding carboxylic acids is 1. The Morgan fingerprint density at radius 2 is 1.76 bits per heavy atom. The number of aliphatic hydroxyl groups is 4. The Bertz CT molecular complexity index is 335. The van der Waals surface area contributed by atoms with Crippen LogP contribution in [0, 0.1) is 0 Å². The van der Waals surface area contributed by atoms with Crippen molar-refractivity contribution in [3.63, 3.8) is 0 Å². The Morgan fingerprint density at radius 3 is 2.38 bits per heavy atom. The molecule has 1 unspecified atom stereocenters. The third kappa shape index (κ3) is 4.89. The van der Waals surface area contributed by atoms with Gasteiger partial charge in [-0.2, -0.15) is 0 Å². The maximum atomic E-state index is 11.7. The fourth-order valence-corrected chi connectivity index (χ4v) is 2.26. The lowest BCUT2D eigenvalue weighted by Crippen LogP contribution is -2.65. The molecule has 7 nitrogen and oxygen atoms in total. The fourth-order valence-electron chi connectivity index (χ4n) is 2.26. The number of carbonyl (C=O) groups is 1. The Kier molecular flexibility index (Phi) is 7.02. The number of unbranched alkanes of at least 4 members (excludes halogenated alkanes) is 4. The summed E-state index contributed by atoms with van der Waals surface area (Å²) in [6, 6.07) is 0. The van der Waals surface area contributed by atoms with Crippen molar-refractivity contribution in [2.45, 2.75) is 82.8 Å². The molecule has 0 saturated carbocycles. The summed E-state index contributed by atoms with van der Waals surface area (Å²) in [5.41, 5.74) is 0. The van der Waals surface area contributed by atoms with E-state index in [4.69, 9.17) is 9.47 Å². The van der Waals surface area contributed by atoms with Gasteiger partial charge in [0.05, 0.1) is 6.10 Å². The molecule has 0 radical (unpaired) electrons. The average Bonchev–Trinajstić information content (AvgIpc) is 2.43. The molecule has 0 aliphatic carbocycles. The van der Waals surface area contributed by atoms with Gasteiger partial charge in [-0.1, -0.05) is 32.6 Å². The predicted molar refractivity (Wildman–Crippen MR) is 73.0 cm³/mol. The largest absolute Gasteiger partial charge is 0.406 e. The van der Waals surface area contributed by atoms with Crippen molar-refractivity contribution >= 4 is 5.97 Å². The van der Waals surface area contributed by atoms with E-state index < -0.39 is 36.4 Å². The van der Waals surface area contributed by atoms with Crippen molar-refractivity contribution in [3.05, 3.63) is 0 Å².